The maximum Gasteiger partial charge on any atom is 0.224 e. The van der Waals surface area contributed by atoms with Gasteiger partial charge in [-0.25, -0.2) is 0 Å². The smallest absolute Gasteiger partial charge is 0.224 e. The lowest BCUT2D eigenvalue weighted by atomic mass is 10.2. The van der Waals surface area contributed by atoms with Crippen molar-refractivity contribution in [3.8, 4) is 0 Å². The highest BCUT2D eigenvalue weighted by atomic mass is 127. The number of rotatable bonds is 7. The molecule has 0 saturated carbocycles. The summed E-state index contributed by atoms with van der Waals surface area (Å²) >= 11 is 0. The van der Waals surface area contributed by atoms with Crippen LogP contribution in [0.15, 0.2) is 65.7 Å². The summed E-state index contributed by atoms with van der Waals surface area (Å²) in [5, 5.41) is 3.36. The first-order valence-corrected chi connectivity index (χ1v) is 10.7. The summed E-state index contributed by atoms with van der Waals surface area (Å²) in [6, 6.07) is 20.7. The van der Waals surface area contributed by atoms with Gasteiger partial charge in [-0.2, -0.15) is 0 Å². The zero-order valence-electron chi connectivity index (χ0n) is 18.5. The fourth-order valence-corrected chi connectivity index (χ4v) is 3.71. The summed E-state index contributed by atoms with van der Waals surface area (Å²) in [6.07, 6.45) is 0.455. The van der Waals surface area contributed by atoms with Gasteiger partial charge in [0, 0.05) is 66.3 Å². The van der Waals surface area contributed by atoms with E-state index >= 15 is 0 Å². The Hall–Kier alpha value is -2.13. The Labute approximate surface area is 203 Å². The predicted octanol–water partition coefficient (Wildman–Crippen LogP) is 3.05. The van der Waals surface area contributed by atoms with Crippen LogP contribution in [0.4, 0.5) is 0 Å². The summed E-state index contributed by atoms with van der Waals surface area (Å²) in [7, 11) is 3.66. The number of nitrogens with one attached hydrogen (secondary N) is 1. The van der Waals surface area contributed by atoms with E-state index in [1.165, 1.54) is 5.56 Å². The molecule has 0 aromatic heterocycles. The zero-order valence-corrected chi connectivity index (χ0v) is 20.9. The molecule has 31 heavy (non-hydrogen) atoms. The molecule has 1 N–H and O–H groups in total. The molecule has 3 rings (SSSR count). The number of piperazine rings is 1. The second-order valence-electron chi connectivity index (χ2n) is 7.71. The van der Waals surface area contributed by atoms with Crippen LogP contribution in [-0.4, -0.2) is 73.4 Å². The van der Waals surface area contributed by atoms with Crippen molar-refractivity contribution in [1.29, 1.82) is 0 Å². The minimum absolute atomic E-state index is 0. The molecular weight excluding hydrogens is 501 g/mol. The molecular formula is C24H34IN5O. The Morgan fingerprint density at radius 2 is 1.55 bits per heavy atom. The summed E-state index contributed by atoms with van der Waals surface area (Å²) < 4.78 is 0. The normalized spacial score (nSPS) is 14.6. The van der Waals surface area contributed by atoms with E-state index in [-0.39, 0.29) is 29.9 Å². The molecule has 2 aromatic rings. The Morgan fingerprint density at radius 3 is 2.13 bits per heavy atom. The minimum Gasteiger partial charge on any atom is -0.356 e. The maximum absolute atomic E-state index is 12.4. The average Bonchev–Trinajstić information content (AvgIpc) is 2.79. The molecule has 1 heterocycles. The highest BCUT2D eigenvalue weighted by Gasteiger charge is 2.20. The molecule has 0 radical (unpaired) electrons. The van der Waals surface area contributed by atoms with Gasteiger partial charge in [-0.15, -0.1) is 24.0 Å². The fraction of sp³-hybridized carbons (Fsp3) is 0.417. The van der Waals surface area contributed by atoms with Crippen molar-refractivity contribution in [3.05, 3.63) is 71.8 Å². The van der Waals surface area contributed by atoms with Gasteiger partial charge in [0.15, 0.2) is 5.96 Å². The molecule has 6 nitrogen and oxygen atoms in total. The molecule has 7 heteroatoms. The first-order valence-electron chi connectivity index (χ1n) is 10.7. The molecule has 0 spiro atoms. The van der Waals surface area contributed by atoms with Crippen LogP contribution in [-0.2, 0) is 17.9 Å². The van der Waals surface area contributed by atoms with E-state index in [1.54, 1.807) is 4.90 Å². The van der Waals surface area contributed by atoms with Gasteiger partial charge in [-0.1, -0.05) is 60.7 Å². The topological polar surface area (TPSA) is 51.2 Å². The summed E-state index contributed by atoms with van der Waals surface area (Å²) in [6.45, 7) is 6.11. The number of halogens is 1. The van der Waals surface area contributed by atoms with Crippen LogP contribution in [0.3, 0.4) is 0 Å². The van der Waals surface area contributed by atoms with E-state index in [4.69, 9.17) is 0 Å². The van der Waals surface area contributed by atoms with Gasteiger partial charge in [0.25, 0.3) is 0 Å². The Balaban J connectivity index is 0.00000341. The molecule has 1 saturated heterocycles. The minimum atomic E-state index is 0. The third kappa shape index (κ3) is 8.14. The molecule has 1 aliphatic rings. The Kier molecular flexibility index (Phi) is 10.8. The van der Waals surface area contributed by atoms with E-state index < -0.39 is 0 Å². The number of hydrogen-bond donors (Lipinski definition) is 1. The van der Waals surface area contributed by atoms with Gasteiger partial charge in [0.1, 0.15) is 0 Å². The lowest BCUT2D eigenvalue weighted by Gasteiger charge is -2.36. The van der Waals surface area contributed by atoms with Crippen molar-refractivity contribution in [2.45, 2.75) is 19.5 Å². The van der Waals surface area contributed by atoms with Gasteiger partial charge in [-0.05, 0) is 11.1 Å². The third-order valence-corrected chi connectivity index (χ3v) is 5.44. The average molecular weight is 535 g/mol. The number of carbonyl (C=O) groups is 1. The zero-order chi connectivity index (χ0) is 21.2. The van der Waals surface area contributed by atoms with E-state index in [0.29, 0.717) is 19.5 Å². The number of benzene rings is 2. The van der Waals surface area contributed by atoms with Crippen molar-refractivity contribution in [2.24, 2.45) is 4.99 Å². The molecule has 0 atom stereocenters. The van der Waals surface area contributed by atoms with E-state index in [0.717, 1.165) is 44.2 Å². The number of amides is 1. The van der Waals surface area contributed by atoms with Crippen molar-refractivity contribution in [1.82, 2.24) is 20.0 Å². The SMILES string of the molecule is CN=C(NCCC(=O)N(C)Cc1ccccc1)N1CCN(Cc2ccccc2)CC1.I. The largest absolute Gasteiger partial charge is 0.356 e. The van der Waals surface area contributed by atoms with Crippen LogP contribution in [0.5, 0.6) is 0 Å². The van der Waals surface area contributed by atoms with E-state index in [2.05, 4.69) is 50.4 Å². The van der Waals surface area contributed by atoms with Crippen LogP contribution in [0.1, 0.15) is 17.5 Å². The molecule has 168 valence electrons. The predicted molar refractivity (Wildman–Crippen MR) is 138 cm³/mol. The van der Waals surface area contributed by atoms with Gasteiger partial charge in [0.2, 0.25) is 5.91 Å². The molecule has 0 unspecified atom stereocenters. The Bertz CT molecular complexity index is 807. The fourth-order valence-electron chi connectivity index (χ4n) is 3.71. The van der Waals surface area contributed by atoms with Crippen LogP contribution in [0.2, 0.25) is 0 Å². The van der Waals surface area contributed by atoms with Crippen LogP contribution in [0, 0.1) is 0 Å². The van der Waals surface area contributed by atoms with Crippen molar-refractivity contribution in [2.75, 3.05) is 46.8 Å². The van der Waals surface area contributed by atoms with Gasteiger partial charge in [-0.3, -0.25) is 14.7 Å². The molecule has 1 fully saturated rings. The van der Waals surface area contributed by atoms with Crippen LogP contribution < -0.4 is 5.32 Å². The lowest BCUT2D eigenvalue weighted by Crippen LogP contribution is -2.52. The van der Waals surface area contributed by atoms with Crippen molar-refractivity contribution < 1.29 is 4.79 Å². The first-order chi connectivity index (χ1) is 14.7. The highest BCUT2D eigenvalue weighted by molar-refractivity contribution is 14.0. The second kappa shape index (κ2) is 13.3. The van der Waals surface area contributed by atoms with Crippen molar-refractivity contribution >= 4 is 35.8 Å². The molecule has 0 bridgehead atoms. The number of aliphatic imine (C=N–C) groups is 1. The molecule has 2 aromatic carbocycles. The maximum atomic E-state index is 12.4. The second-order valence-corrected chi connectivity index (χ2v) is 7.71. The van der Waals surface area contributed by atoms with Crippen LogP contribution >= 0.6 is 24.0 Å². The number of hydrogen-bond acceptors (Lipinski definition) is 3. The first kappa shape index (κ1) is 25.1. The van der Waals surface area contributed by atoms with E-state index in [1.807, 2.05) is 44.4 Å². The third-order valence-electron chi connectivity index (χ3n) is 5.44. The summed E-state index contributed by atoms with van der Waals surface area (Å²) in [4.78, 5) is 23.4. The number of nitrogens with zero attached hydrogens (tertiary/aromatic N) is 4. The quantitative estimate of drug-likeness (QED) is 0.337. The van der Waals surface area contributed by atoms with Crippen molar-refractivity contribution in [3.63, 3.8) is 0 Å². The van der Waals surface area contributed by atoms with Crippen LogP contribution in [0.25, 0.3) is 0 Å². The molecule has 0 aliphatic carbocycles. The molecule has 1 aliphatic heterocycles. The summed E-state index contributed by atoms with van der Waals surface area (Å²) in [5.74, 6) is 1.02. The number of carbonyl (C=O) groups excluding carboxylic acids is 1. The van der Waals surface area contributed by atoms with Gasteiger partial charge >= 0.3 is 0 Å². The summed E-state index contributed by atoms with van der Waals surface area (Å²) in [5.41, 5.74) is 2.50. The highest BCUT2D eigenvalue weighted by Crippen LogP contribution is 2.09. The van der Waals surface area contributed by atoms with Gasteiger partial charge < -0.3 is 15.1 Å². The number of guanidine groups is 1. The standard InChI is InChI=1S/C24H33N5O.HI/c1-25-24(26-14-13-23(30)27(2)19-21-9-5-3-6-10-21)29-17-15-28(16-18-29)20-22-11-7-4-8-12-22;/h3-12H,13-20H2,1-2H3,(H,25,26);1H. The molecule has 1 amide bonds. The monoisotopic (exact) mass is 535 g/mol. The van der Waals surface area contributed by atoms with E-state index in [9.17, 15) is 4.79 Å². The Morgan fingerprint density at radius 1 is 0.968 bits per heavy atom. The van der Waals surface area contributed by atoms with Gasteiger partial charge in [0.05, 0.1) is 0 Å². The lowest BCUT2D eigenvalue weighted by molar-refractivity contribution is -0.130.